The van der Waals surface area contributed by atoms with E-state index in [9.17, 15) is 30.3 Å². The minimum Gasteiger partial charge on any atom is -0.394 e. The van der Waals surface area contributed by atoms with Crippen LogP contribution >= 0.6 is 0 Å². The Kier molecular flexibility index (Phi) is 48.4. The minimum atomic E-state index is -1.57. The second-order valence-electron chi connectivity index (χ2n) is 20.8. The van der Waals surface area contributed by atoms with E-state index < -0.39 is 49.5 Å². The van der Waals surface area contributed by atoms with Gasteiger partial charge in [0.2, 0.25) is 5.91 Å². The highest BCUT2D eigenvalue weighted by Crippen LogP contribution is 2.23. The van der Waals surface area contributed by atoms with Crippen molar-refractivity contribution in [2.24, 2.45) is 0 Å². The number of hydrogen-bond acceptors (Lipinski definition) is 8. The highest BCUT2D eigenvalue weighted by atomic mass is 16.7. The van der Waals surface area contributed by atoms with E-state index in [1.807, 2.05) is 6.08 Å². The van der Waals surface area contributed by atoms with Gasteiger partial charge < -0.3 is 40.3 Å². The summed E-state index contributed by atoms with van der Waals surface area (Å²) in [6.07, 6.45) is 63.2. The number of nitrogens with one attached hydrogen (secondary N) is 1. The zero-order valence-corrected chi connectivity index (χ0v) is 46.0. The number of hydrogen-bond donors (Lipinski definition) is 6. The standard InChI is InChI=1S/C62H113NO8/c1-3-5-7-9-11-13-15-16-17-18-19-20-21-22-23-24-25-26-27-28-29-30-31-32-33-34-35-36-37-38-39-40-42-44-46-48-50-52-58(66)63-55(54-70-62-61(69)60(68)59(67)57(53-64)71-62)56(65)51-49-47-45-43-41-14-12-10-8-6-4-2/h5,7,11,13,16-17,19-20,49,51,55-57,59-62,64-65,67-69H,3-4,6,8-10,12,14-15,18,21-48,50,52-54H2,1-2H3,(H,63,66)/b7-5-,13-11-,17-16-,20-19-,51-49+. The van der Waals surface area contributed by atoms with Crippen molar-refractivity contribution >= 4 is 5.91 Å². The van der Waals surface area contributed by atoms with E-state index in [-0.39, 0.29) is 12.5 Å². The van der Waals surface area contributed by atoms with Crippen molar-refractivity contribution in [1.29, 1.82) is 0 Å². The maximum absolute atomic E-state index is 13.0. The molecule has 414 valence electrons. The lowest BCUT2D eigenvalue weighted by Crippen LogP contribution is -2.60. The summed E-state index contributed by atoms with van der Waals surface area (Å²) in [7, 11) is 0. The quantitative estimate of drug-likeness (QED) is 0.0261. The van der Waals surface area contributed by atoms with Gasteiger partial charge >= 0.3 is 0 Å². The number of aliphatic hydroxyl groups excluding tert-OH is 5. The minimum absolute atomic E-state index is 0.175. The van der Waals surface area contributed by atoms with E-state index in [1.165, 1.54) is 186 Å². The molecule has 0 aromatic rings. The van der Waals surface area contributed by atoms with Crippen molar-refractivity contribution < 1.29 is 39.8 Å². The van der Waals surface area contributed by atoms with Crippen molar-refractivity contribution in [2.75, 3.05) is 13.2 Å². The van der Waals surface area contributed by atoms with E-state index in [0.717, 1.165) is 64.2 Å². The molecule has 0 spiro atoms. The largest absolute Gasteiger partial charge is 0.394 e. The van der Waals surface area contributed by atoms with E-state index >= 15 is 0 Å². The van der Waals surface area contributed by atoms with Crippen LogP contribution in [0.5, 0.6) is 0 Å². The number of allylic oxidation sites excluding steroid dienone is 9. The molecule has 0 aromatic heterocycles. The summed E-state index contributed by atoms with van der Waals surface area (Å²) in [5, 5.41) is 54.3. The van der Waals surface area contributed by atoms with E-state index in [0.29, 0.717) is 6.42 Å². The monoisotopic (exact) mass is 1000 g/mol. The van der Waals surface area contributed by atoms with E-state index in [4.69, 9.17) is 9.47 Å². The van der Waals surface area contributed by atoms with Crippen LogP contribution in [0.4, 0.5) is 0 Å². The number of ether oxygens (including phenoxy) is 2. The van der Waals surface area contributed by atoms with Crippen LogP contribution in [0.25, 0.3) is 0 Å². The Balaban J connectivity index is 2.04. The molecule has 1 heterocycles. The van der Waals surface area contributed by atoms with Crippen molar-refractivity contribution in [1.82, 2.24) is 5.32 Å². The van der Waals surface area contributed by atoms with Crippen molar-refractivity contribution in [3.8, 4) is 0 Å². The van der Waals surface area contributed by atoms with Gasteiger partial charge in [-0.05, 0) is 57.8 Å². The maximum Gasteiger partial charge on any atom is 0.220 e. The molecule has 9 heteroatoms. The Bertz CT molecular complexity index is 1300. The van der Waals surface area contributed by atoms with Crippen LogP contribution in [0.1, 0.15) is 271 Å². The second kappa shape index (κ2) is 51.4. The number of carbonyl (C=O) groups excluding carboxylic acids is 1. The molecule has 6 N–H and O–H groups in total. The third-order valence-corrected chi connectivity index (χ3v) is 14.1. The van der Waals surface area contributed by atoms with Crippen LogP contribution in [0, 0.1) is 0 Å². The van der Waals surface area contributed by atoms with Crippen molar-refractivity contribution in [2.45, 2.75) is 314 Å². The van der Waals surface area contributed by atoms with Gasteiger partial charge in [-0.15, -0.1) is 0 Å². The summed E-state index contributed by atoms with van der Waals surface area (Å²) in [4.78, 5) is 13.0. The number of carbonyl (C=O) groups is 1. The van der Waals surface area contributed by atoms with Gasteiger partial charge in [0.05, 0.1) is 25.4 Å². The fraction of sp³-hybridized carbons (Fsp3) is 0.823. The fourth-order valence-corrected chi connectivity index (χ4v) is 9.39. The molecule has 7 unspecified atom stereocenters. The van der Waals surface area contributed by atoms with Gasteiger partial charge in [0, 0.05) is 6.42 Å². The van der Waals surface area contributed by atoms with E-state index in [2.05, 4.69) is 67.8 Å². The lowest BCUT2D eigenvalue weighted by Gasteiger charge is -2.40. The lowest BCUT2D eigenvalue weighted by atomic mass is 9.99. The first-order valence-corrected chi connectivity index (χ1v) is 30.0. The van der Waals surface area contributed by atoms with Crippen LogP contribution in [0.3, 0.4) is 0 Å². The molecule has 1 amide bonds. The normalized spacial score (nSPS) is 19.7. The van der Waals surface area contributed by atoms with Gasteiger partial charge in [-0.3, -0.25) is 4.79 Å². The third-order valence-electron chi connectivity index (χ3n) is 14.1. The van der Waals surface area contributed by atoms with Gasteiger partial charge in [0.15, 0.2) is 6.29 Å². The maximum atomic E-state index is 13.0. The Morgan fingerprint density at radius 2 is 0.873 bits per heavy atom. The van der Waals surface area contributed by atoms with Gasteiger partial charge in [0.1, 0.15) is 24.4 Å². The molecule has 1 saturated heterocycles. The van der Waals surface area contributed by atoms with Crippen LogP contribution in [0.2, 0.25) is 0 Å². The third kappa shape index (κ3) is 40.9. The molecule has 1 aliphatic rings. The van der Waals surface area contributed by atoms with Crippen LogP contribution in [0.15, 0.2) is 60.8 Å². The molecule has 0 aliphatic carbocycles. The van der Waals surface area contributed by atoms with Gasteiger partial charge in [-0.2, -0.15) is 0 Å². The first kappa shape index (κ1) is 66.9. The summed E-state index contributed by atoms with van der Waals surface area (Å²) in [6.45, 7) is 3.66. The second-order valence-corrected chi connectivity index (χ2v) is 20.8. The highest BCUT2D eigenvalue weighted by Gasteiger charge is 2.44. The van der Waals surface area contributed by atoms with Crippen LogP contribution in [-0.4, -0.2) is 87.5 Å². The first-order chi connectivity index (χ1) is 34.8. The van der Waals surface area contributed by atoms with Crippen LogP contribution in [-0.2, 0) is 14.3 Å². The number of rotatable bonds is 51. The van der Waals surface area contributed by atoms with Gasteiger partial charge in [-0.1, -0.05) is 267 Å². The summed E-state index contributed by atoms with van der Waals surface area (Å²) >= 11 is 0. The molecule has 1 rings (SSSR count). The van der Waals surface area contributed by atoms with Crippen molar-refractivity contribution in [3.05, 3.63) is 60.8 Å². The predicted molar refractivity (Wildman–Crippen MR) is 299 cm³/mol. The summed E-state index contributed by atoms with van der Waals surface area (Å²) in [5.41, 5.74) is 0. The smallest absolute Gasteiger partial charge is 0.220 e. The molecule has 71 heavy (non-hydrogen) atoms. The van der Waals surface area contributed by atoms with Crippen LogP contribution < -0.4 is 5.32 Å². The number of aliphatic hydroxyl groups is 5. The molecule has 0 bridgehead atoms. The molecule has 9 nitrogen and oxygen atoms in total. The average molecular weight is 1000 g/mol. The SMILES string of the molecule is CC/C=C\C/C=C\C/C=C\C/C=C\CCCCCCCCCCCCCCCCCCCCCCCCCCC(=O)NC(COC1OC(CO)C(O)C(O)C1O)C(O)/C=C/CCCCCCCCCCC. The summed E-state index contributed by atoms with van der Waals surface area (Å²) < 4.78 is 11.2. The Hall–Kier alpha value is -2.11. The Labute approximate surface area is 436 Å². The summed E-state index contributed by atoms with van der Waals surface area (Å²) in [6, 6.07) is -0.802. The Morgan fingerprint density at radius 3 is 1.30 bits per heavy atom. The number of amides is 1. The molecule has 0 radical (unpaired) electrons. The van der Waals surface area contributed by atoms with E-state index in [1.54, 1.807) is 6.08 Å². The molecular formula is C62H113NO8. The molecular weight excluding hydrogens is 887 g/mol. The number of unbranched alkanes of at least 4 members (excludes halogenated alkanes) is 33. The molecule has 0 saturated carbocycles. The molecule has 1 aliphatic heterocycles. The zero-order valence-electron chi connectivity index (χ0n) is 46.0. The lowest BCUT2D eigenvalue weighted by molar-refractivity contribution is -0.302. The highest BCUT2D eigenvalue weighted by molar-refractivity contribution is 5.76. The summed E-state index contributed by atoms with van der Waals surface area (Å²) in [5.74, 6) is -0.175. The topological polar surface area (TPSA) is 149 Å². The zero-order chi connectivity index (χ0) is 51.5. The molecule has 7 atom stereocenters. The van der Waals surface area contributed by atoms with Gasteiger partial charge in [0.25, 0.3) is 0 Å². The Morgan fingerprint density at radius 1 is 0.493 bits per heavy atom. The van der Waals surface area contributed by atoms with Crippen molar-refractivity contribution in [3.63, 3.8) is 0 Å². The molecule has 0 aromatic carbocycles. The average Bonchev–Trinajstić information content (AvgIpc) is 3.37. The van der Waals surface area contributed by atoms with Gasteiger partial charge in [-0.25, -0.2) is 0 Å². The predicted octanol–water partition coefficient (Wildman–Crippen LogP) is 15.1. The fourth-order valence-electron chi connectivity index (χ4n) is 9.39. The molecule has 1 fully saturated rings. The first-order valence-electron chi connectivity index (χ1n) is 30.0.